The molecule has 1 aromatic heterocycles. The standard InChI is InChI=1S/C16H23N3/c1-5-16(6-2)7-8-19(11-16)15-9-12(3)18-13(4)14(15)10-17/h9H,5-8,11H2,1-4H3. The SMILES string of the molecule is CCC1(CC)CCN(c2cc(C)nc(C)c2C#N)C1. The summed E-state index contributed by atoms with van der Waals surface area (Å²) in [6, 6.07) is 4.39. The summed E-state index contributed by atoms with van der Waals surface area (Å²) in [4.78, 5) is 6.79. The number of pyridine rings is 1. The number of hydrogen-bond donors (Lipinski definition) is 0. The van der Waals surface area contributed by atoms with Crippen LogP contribution in [0.4, 0.5) is 5.69 Å². The first-order valence-corrected chi connectivity index (χ1v) is 7.18. The van der Waals surface area contributed by atoms with Gasteiger partial charge in [0.15, 0.2) is 0 Å². The minimum Gasteiger partial charge on any atom is -0.370 e. The number of hydrogen-bond acceptors (Lipinski definition) is 3. The van der Waals surface area contributed by atoms with Crippen molar-refractivity contribution < 1.29 is 0 Å². The lowest BCUT2D eigenvalue weighted by Gasteiger charge is -2.28. The summed E-state index contributed by atoms with van der Waals surface area (Å²) < 4.78 is 0. The molecule has 0 saturated carbocycles. The molecule has 0 aliphatic carbocycles. The van der Waals surface area contributed by atoms with Gasteiger partial charge in [0.05, 0.1) is 16.9 Å². The van der Waals surface area contributed by atoms with Crippen LogP contribution >= 0.6 is 0 Å². The minimum absolute atomic E-state index is 0.428. The second-order valence-corrected chi connectivity index (χ2v) is 5.73. The zero-order valence-corrected chi connectivity index (χ0v) is 12.5. The van der Waals surface area contributed by atoms with Crippen LogP contribution in [0.2, 0.25) is 0 Å². The molecule has 1 aliphatic heterocycles. The Morgan fingerprint density at radius 2 is 2.05 bits per heavy atom. The quantitative estimate of drug-likeness (QED) is 0.830. The van der Waals surface area contributed by atoms with Gasteiger partial charge >= 0.3 is 0 Å². The summed E-state index contributed by atoms with van der Waals surface area (Å²) in [5, 5.41) is 9.38. The largest absolute Gasteiger partial charge is 0.370 e. The van der Waals surface area contributed by atoms with Crippen molar-refractivity contribution in [1.29, 1.82) is 5.26 Å². The third-order valence-electron chi connectivity index (χ3n) is 4.70. The molecule has 0 amide bonds. The monoisotopic (exact) mass is 257 g/mol. The van der Waals surface area contributed by atoms with Gasteiger partial charge in [0.2, 0.25) is 0 Å². The molecule has 0 atom stereocenters. The molecule has 3 nitrogen and oxygen atoms in total. The molecule has 0 N–H and O–H groups in total. The molecule has 0 unspecified atom stereocenters. The molecule has 0 radical (unpaired) electrons. The number of aryl methyl sites for hydroxylation is 2. The topological polar surface area (TPSA) is 39.9 Å². The summed E-state index contributed by atoms with van der Waals surface area (Å²) >= 11 is 0. The third kappa shape index (κ3) is 2.45. The lowest BCUT2D eigenvalue weighted by molar-refractivity contribution is 0.301. The highest BCUT2D eigenvalue weighted by Gasteiger charge is 2.35. The van der Waals surface area contributed by atoms with E-state index in [1.54, 1.807) is 0 Å². The third-order valence-corrected chi connectivity index (χ3v) is 4.70. The van der Waals surface area contributed by atoms with E-state index in [0.717, 1.165) is 35.7 Å². The molecule has 19 heavy (non-hydrogen) atoms. The van der Waals surface area contributed by atoms with Gasteiger partial charge in [0.25, 0.3) is 0 Å². The summed E-state index contributed by atoms with van der Waals surface area (Å²) in [6.07, 6.45) is 3.65. The van der Waals surface area contributed by atoms with Gasteiger partial charge in [-0.1, -0.05) is 13.8 Å². The van der Waals surface area contributed by atoms with Gasteiger partial charge in [0.1, 0.15) is 6.07 Å². The van der Waals surface area contributed by atoms with Gasteiger partial charge in [-0.15, -0.1) is 0 Å². The Kier molecular flexibility index (Phi) is 3.80. The van der Waals surface area contributed by atoms with Crippen LogP contribution in [0.5, 0.6) is 0 Å². The number of nitrogens with zero attached hydrogens (tertiary/aromatic N) is 3. The predicted molar refractivity (Wildman–Crippen MR) is 78.3 cm³/mol. The first-order valence-electron chi connectivity index (χ1n) is 7.18. The highest BCUT2D eigenvalue weighted by Crippen LogP contribution is 2.40. The molecule has 1 aromatic rings. The summed E-state index contributed by atoms with van der Waals surface area (Å²) in [6.45, 7) is 10.6. The Labute approximate surface area is 116 Å². The molecular weight excluding hydrogens is 234 g/mol. The maximum atomic E-state index is 9.38. The summed E-state index contributed by atoms with van der Waals surface area (Å²) in [5.74, 6) is 0. The van der Waals surface area contributed by atoms with Crippen LogP contribution < -0.4 is 4.90 Å². The van der Waals surface area contributed by atoms with E-state index in [9.17, 15) is 5.26 Å². The first kappa shape index (κ1) is 13.9. The molecule has 0 spiro atoms. The van der Waals surface area contributed by atoms with Crippen molar-refractivity contribution in [3.05, 3.63) is 23.0 Å². The molecule has 1 aliphatic rings. The van der Waals surface area contributed by atoms with Crippen molar-refractivity contribution in [3.63, 3.8) is 0 Å². The molecule has 2 heterocycles. The Morgan fingerprint density at radius 3 is 2.58 bits per heavy atom. The Bertz CT molecular complexity index is 509. The van der Waals surface area contributed by atoms with Crippen LogP contribution in [0, 0.1) is 30.6 Å². The molecule has 102 valence electrons. The van der Waals surface area contributed by atoms with E-state index in [1.165, 1.54) is 19.3 Å². The van der Waals surface area contributed by atoms with Gasteiger partial charge in [0, 0.05) is 18.8 Å². The highest BCUT2D eigenvalue weighted by molar-refractivity contribution is 5.62. The van der Waals surface area contributed by atoms with Crippen molar-refractivity contribution in [2.24, 2.45) is 5.41 Å². The fourth-order valence-electron chi connectivity index (χ4n) is 3.16. The van der Waals surface area contributed by atoms with Crippen molar-refractivity contribution in [1.82, 2.24) is 4.98 Å². The Hall–Kier alpha value is -1.56. The summed E-state index contributed by atoms with van der Waals surface area (Å²) in [7, 11) is 0. The van der Waals surface area contributed by atoms with E-state index < -0.39 is 0 Å². The first-order chi connectivity index (χ1) is 9.05. The smallest absolute Gasteiger partial charge is 0.103 e. The van der Waals surface area contributed by atoms with Gasteiger partial charge < -0.3 is 4.90 Å². The number of nitriles is 1. The van der Waals surface area contributed by atoms with E-state index in [2.05, 4.69) is 35.9 Å². The minimum atomic E-state index is 0.428. The average Bonchev–Trinajstić information content (AvgIpc) is 2.83. The number of anilines is 1. The highest BCUT2D eigenvalue weighted by atomic mass is 15.2. The number of aromatic nitrogens is 1. The van der Waals surface area contributed by atoms with Gasteiger partial charge in [-0.2, -0.15) is 5.26 Å². The molecule has 1 fully saturated rings. The normalized spacial score (nSPS) is 17.5. The van der Waals surface area contributed by atoms with Crippen molar-refractivity contribution in [2.45, 2.75) is 47.0 Å². The molecule has 1 saturated heterocycles. The molecule has 0 aromatic carbocycles. The zero-order chi connectivity index (χ0) is 14.0. The van der Waals surface area contributed by atoms with Gasteiger partial charge in [-0.05, 0) is 44.6 Å². The second kappa shape index (κ2) is 5.21. The van der Waals surface area contributed by atoms with Crippen molar-refractivity contribution >= 4 is 5.69 Å². The van der Waals surface area contributed by atoms with Crippen LogP contribution in [0.3, 0.4) is 0 Å². The van der Waals surface area contributed by atoms with Crippen LogP contribution in [-0.2, 0) is 0 Å². The second-order valence-electron chi connectivity index (χ2n) is 5.73. The van der Waals surface area contributed by atoms with Crippen LogP contribution in [0.25, 0.3) is 0 Å². The van der Waals surface area contributed by atoms with E-state index in [-0.39, 0.29) is 0 Å². The maximum Gasteiger partial charge on any atom is 0.103 e. The maximum absolute atomic E-state index is 9.38. The van der Waals surface area contributed by atoms with E-state index in [0.29, 0.717) is 5.41 Å². The van der Waals surface area contributed by atoms with Crippen molar-refractivity contribution in [3.8, 4) is 6.07 Å². The molecular formula is C16H23N3. The Morgan fingerprint density at radius 1 is 1.37 bits per heavy atom. The van der Waals surface area contributed by atoms with Crippen LogP contribution in [0.1, 0.15) is 50.1 Å². The van der Waals surface area contributed by atoms with Gasteiger partial charge in [-0.3, -0.25) is 4.98 Å². The molecule has 3 heteroatoms. The number of rotatable bonds is 3. The lowest BCUT2D eigenvalue weighted by Crippen LogP contribution is -2.27. The molecule has 2 rings (SSSR count). The van der Waals surface area contributed by atoms with Crippen LogP contribution in [-0.4, -0.2) is 18.1 Å². The van der Waals surface area contributed by atoms with E-state index >= 15 is 0 Å². The zero-order valence-electron chi connectivity index (χ0n) is 12.5. The predicted octanol–water partition coefficient (Wildman–Crippen LogP) is 3.59. The van der Waals surface area contributed by atoms with Crippen LogP contribution in [0.15, 0.2) is 6.07 Å². The van der Waals surface area contributed by atoms with Crippen molar-refractivity contribution in [2.75, 3.05) is 18.0 Å². The van der Waals surface area contributed by atoms with Gasteiger partial charge in [-0.25, -0.2) is 0 Å². The van der Waals surface area contributed by atoms with E-state index in [1.807, 2.05) is 13.8 Å². The molecule has 0 bridgehead atoms. The van der Waals surface area contributed by atoms with E-state index in [4.69, 9.17) is 0 Å². The lowest BCUT2D eigenvalue weighted by atomic mass is 9.82. The fourth-order valence-corrected chi connectivity index (χ4v) is 3.16. The summed E-state index contributed by atoms with van der Waals surface area (Å²) in [5.41, 5.74) is 4.10. The fraction of sp³-hybridized carbons (Fsp3) is 0.625. The Balaban J connectivity index is 2.37. The average molecular weight is 257 g/mol.